The lowest BCUT2D eigenvalue weighted by atomic mass is 9.94. The van der Waals surface area contributed by atoms with E-state index in [1.165, 1.54) is 0 Å². The van der Waals surface area contributed by atoms with Crippen LogP contribution in [0.3, 0.4) is 0 Å². The second-order valence-corrected chi connectivity index (χ2v) is 8.09. The summed E-state index contributed by atoms with van der Waals surface area (Å²) < 4.78 is 0. The van der Waals surface area contributed by atoms with E-state index in [1.807, 2.05) is 59.5 Å². The number of fused-ring (bicyclic) bond motifs is 1. The van der Waals surface area contributed by atoms with Gasteiger partial charge in [0.1, 0.15) is 0 Å². The zero-order valence-corrected chi connectivity index (χ0v) is 18.1. The van der Waals surface area contributed by atoms with Crippen LogP contribution in [0.1, 0.15) is 39.1 Å². The lowest BCUT2D eigenvalue weighted by Gasteiger charge is -2.31. The number of benzene rings is 3. The Labute approximate surface area is 187 Å². The van der Waals surface area contributed by atoms with Crippen LogP contribution in [0.4, 0.5) is 0 Å². The number of hydrogen-bond acceptors (Lipinski definition) is 3. The van der Waals surface area contributed by atoms with Crippen molar-refractivity contribution in [2.24, 2.45) is 5.92 Å². The van der Waals surface area contributed by atoms with Crippen LogP contribution in [0.25, 0.3) is 10.8 Å². The topological polar surface area (TPSA) is 78.5 Å². The van der Waals surface area contributed by atoms with Gasteiger partial charge in [-0.2, -0.15) is 0 Å². The highest BCUT2D eigenvalue weighted by atomic mass is 16.2. The van der Waals surface area contributed by atoms with Gasteiger partial charge in [0.25, 0.3) is 11.8 Å². The molecule has 0 atom stereocenters. The van der Waals surface area contributed by atoms with Crippen molar-refractivity contribution >= 4 is 28.5 Å². The van der Waals surface area contributed by atoms with Gasteiger partial charge in [-0.3, -0.25) is 14.4 Å². The molecule has 1 aliphatic heterocycles. The summed E-state index contributed by atoms with van der Waals surface area (Å²) in [6, 6.07) is 20.9. The van der Waals surface area contributed by atoms with E-state index in [-0.39, 0.29) is 23.6 Å². The number of nitrogens with zero attached hydrogens (tertiary/aromatic N) is 1. The number of hydrogen-bond donors (Lipinski definition) is 2. The standard InChI is InChI=1S/C26H27N3O3/c1-27-24(30)20-11-9-18(10-12-20)17-28-25(31)21-13-15-29(16-14-21)26(32)23-8-4-6-19-5-2-3-7-22(19)23/h2-12,21H,13-17H2,1H3,(H,27,30)(H,28,31). The van der Waals surface area contributed by atoms with E-state index in [4.69, 9.17) is 0 Å². The van der Waals surface area contributed by atoms with Crippen LogP contribution >= 0.6 is 0 Å². The number of amides is 3. The summed E-state index contributed by atoms with van der Waals surface area (Å²) in [5.74, 6) is -0.198. The molecule has 6 heteroatoms. The molecule has 164 valence electrons. The maximum atomic E-state index is 13.1. The lowest BCUT2D eigenvalue weighted by Crippen LogP contribution is -2.43. The first kappa shape index (κ1) is 21.6. The van der Waals surface area contributed by atoms with E-state index in [2.05, 4.69) is 10.6 Å². The molecule has 1 saturated heterocycles. The van der Waals surface area contributed by atoms with Crippen LogP contribution in [-0.4, -0.2) is 42.8 Å². The Hall–Kier alpha value is -3.67. The van der Waals surface area contributed by atoms with Crippen molar-refractivity contribution in [3.63, 3.8) is 0 Å². The van der Waals surface area contributed by atoms with Crippen LogP contribution in [0.2, 0.25) is 0 Å². The number of piperidine rings is 1. The number of carbonyl (C=O) groups excluding carboxylic acids is 3. The second kappa shape index (κ2) is 9.64. The molecule has 3 amide bonds. The fourth-order valence-electron chi connectivity index (χ4n) is 4.18. The first-order valence-electron chi connectivity index (χ1n) is 10.9. The average molecular weight is 430 g/mol. The van der Waals surface area contributed by atoms with Gasteiger partial charge in [0, 0.05) is 43.7 Å². The van der Waals surface area contributed by atoms with Gasteiger partial charge in [0.15, 0.2) is 0 Å². The SMILES string of the molecule is CNC(=O)c1ccc(CNC(=O)C2CCN(C(=O)c3cccc4ccccc34)CC2)cc1. The molecule has 3 aromatic rings. The van der Waals surface area contributed by atoms with Crippen molar-refractivity contribution < 1.29 is 14.4 Å². The van der Waals surface area contributed by atoms with E-state index in [1.54, 1.807) is 19.2 Å². The van der Waals surface area contributed by atoms with E-state index in [0.717, 1.165) is 16.3 Å². The minimum Gasteiger partial charge on any atom is -0.355 e. The largest absolute Gasteiger partial charge is 0.355 e. The van der Waals surface area contributed by atoms with E-state index in [9.17, 15) is 14.4 Å². The number of rotatable bonds is 5. The number of nitrogens with one attached hydrogen (secondary N) is 2. The van der Waals surface area contributed by atoms with Crippen molar-refractivity contribution in [1.82, 2.24) is 15.5 Å². The molecule has 0 bridgehead atoms. The van der Waals surface area contributed by atoms with Gasteiger partial charge >= 0.3 is 0 Å². The summed E-state index contributed by atoms with van der Waals surface area (Å²) >= 11 is 0. The van der Waals surface area contributed by atoms with E-state index < -0.39 is 0 Å². The van der Waals surface area contributed by atoms with Gasteiger partial charge in [0.05, 0.1) is 0 Å². The zero-order chi connectivity index (χ0) is 22.5. The Morgan fingerprint density at radius 1 is 0.906 bits per heavy atom. The summed E-state index contributed by atoms with van der Waals surface area (Å²) in [6.07, 6.45) is 1.30. The van der Waals surface area contributed by atoms with Gasteiger partial charge in [-0.25, -0.2) is 0 Å². The van der Waals surface area contributed by atoms with Gasteiger partial charge in [-0.1, -0.05) is 48.5 Å². The molecule has 0 aromatic heterocycles. The molecule has 0 unspecified atom stereocenters. The van der Waals surface area contributed by atoms with Crippen molar-refractivity contribution in [1.29, 1.82) is 0 Å². The van der Waals surface area contributed by atoms with Crippen molar-refractivity contribution in [3.05, 3.63) is 83.4 Å². The van der Waals surface area contributed by atoms with E-state index in [0.29, 0.717) is 43.6 Å². The fourth-order valence-corrected chi connectivity index (χ4v) is 4.18. The smallest absolute Gasteiger partial charge is 0.254 e. The Morgan fingerprint density at radius 2 is 1.59 bits per heavy atom. The average Bonchev–Trinajstić information content (AvgIpc) is 2.86. The maximum absolute atomic E-state index is 13.1. The third-order valence-electron chi connectivity index (χ3n) is 6.08. The normalized spacial score (nSPS) is 14.2. The summed E-state index contributed by atoms with van der Waals surface area (Å²) in [6.45, 7) is 1.56. The van der Waals surface area contributed by atoms with Crippen LogP contribution in [-0.2, 0) is 11.3 Å². The second-order valence-electron chi connectivity index (χ2n) is 8.09. The summed E-state index contributed by atoms with van der Waals surface area (Å²) in [4.78, 5) is 39.2. The van der Waals surface area contributed by atoms with Gasteiger partial charge in [0.2, 0.25) is 5.91 Å². The van der Waals surface area contributed by atoms with Crippen LogP contribution in [0, 0.1) is 5.92 Å². The molecular weight excluding hydrogens is 402 g/mol. The maximum Gasteiger partial charge on any atom is 0.254 e. The van der Waals surface area contributed by atoms with Gasteiger partial charge in [-0.05, 0) is 47.4 Å². The summed E-state index contributed by atoms with van der Waals surface area (Å²) in [7, 11) is 1.59. The molecule has 6 nitrogen and oxygen atoms in total. The Morgan fingerprint density at radius 3 is 2.31 bits per heavy atom. The summed E-state index contributed by atoms with van der Waals surface area (Å²) in [5, 5.41) is 7.59. The molecule has 0 radical (unpaired) electrons. The molecule has 32 heavy (non-hydrogen) atoms. The highest BCUT2D eigenvalue weighted by Gasteiger charge is 2.28. The molecule has 0 aliphatic carbocycles. The molecule has 0 spiro atoms. The van der Waals surface area contributed by atoms with Crippen molar-refractivity contribution in [2.75, 3.05) is 20.1 Å². The van der Waals surface area contributed by atoms with Crippen molar-refractivity contribution in [2.45, 2.75) is 19.4 Å². The minimum atomic E-state index is -0.134. The summed E-state index contributed by atoms with van der Waals surface area (Å²) in [5.41, 5.74) is 2.24. The van der Waals surface area contributed by atoms with Gasteiger partial charge in [-0.15, -0.1) is 0 Å². The molecular formula is C26H27N3O3. The first-order valence-corrected chi connectivity index (χ1v) is 10.9. The minimum absolute atomic E-state index is 0.0117. The molecule has 0 saturated carbocycles. The third-order valence-corrected chi connectivity index (χ3v) is 6.08. The Bertz CT molecular complexity index is 1130. The quantitative estimate of drug-likeness (QED) is 0.653. The predicted octanol–water partition coefficient (Wildman–Crippen LogP) is 3.37. The third kappa shape index (κ3) is 4.64. The molecule has 1 fully saturated rings. The van der Waals surface area contributed by atoms with Crippen LogP contribution in [0.5, 0.6) is 0 Å². The number of likely N-dealkylation sites (tertiary alicyclic amines) is 1. The molecule has 4 rings (SSSR count). The van der Waals surface area contributed by atoms with Crippen LogP contribution in [0.15, 0.2) is 66.7 Å². The molecule has 1 heterocycles. The van der Waals surface area contributed by atoms with Crippen molar-refractivity contribution in [3.8, 4) is 0 Å². The zero-order valence-electron chi connectivity index (χ0n) is 18.1. The number of carbonyl (C=O) groups is 3. The molecule has 2 N–H and O–H groups in total. The highest BCUT2D eigenvalue weighted by molar-refractivity contribution is 6.07. The van der Waals surface area contributed by atoms with Crippen LogP contribution < -0.4 is 10.6 Å². The monoisotopic (exact) mass is 429 g/mol. The Kier molecular flexibility index (Phi) is 6.50. The Balaban J connectivity index is 1.31. The molecule has 3 aromatic carbocycles. The molecule has 1 aliphatic rings. The fraction of sp³-hybridized carbons (Fsp3) is 0.269. The first-order chi connectivity index (χ1) is 15.6. The predicted molar refractivity (Wildman–Crippen MR) is 124 cm³/mol. The van der Waals surface area contributed by atoms with Gasteiger partial charge < -0.3 is 15.5 Å². The van der Waals surface area contributed by atoms with E-state index >= 15 is 0 Å². The highest BCUT2D eigenvalue weighted by Crippen LogP contribution is 2.23. The lowest BCUT2D eigenvalue weighted by molar-refractivity contribution is -0.126.